The average Bonchev–Trinajstić information content (AvgIpc) is 2.82. The molecule has 4 nitrogen and oxygen atoms in total. The summed E-state index contributed by atoms with van der Waals surface area (Å²) in [5.74, 6) is -0.327. The van der Waals surface area contributed by atoms with Crippen LogP contribution in [0.4, 0.5) is 0 Å². The molecule has 0 radical (unpaired) electrons. The van der Waals surface area contributed by atoms with E-state index < -0.39 is 6.10 Å². The zero-order valence-electron chi connectivity index (χ0n) is 9.77. The fourth-order valence-corrected chi connectivity index (χ4v) is 2.28. The van der Waals surface area contributed by atoms with Crippen molar-refractivity contribution in [1.29, 1.82) is 0 Å². The van der Waals surface area contributed by atoms with Gasteiger partial charge in [-0.25, -0.2) is 0 Å². The molecular weight excluding hydrogens is 334 g/mol. The molecule has 0 fully saturated rings. The van der Waals surface area contributed by atoms with E-state index in [-0.39, 0.29) is 12.5 Å². The van der Waals surface area contributed by atoms with Gasteiger partial charge < -0.3 is 14.8 Å². The maximum atomic E-state index is 11.8. The Bertz CT molecular complexity index is 585. The monoisotopic (exact) mass is 343 g/mol. The highest BCUT2D eigenvalue weighted by Crippen LogP contribution is 2.22. The van der Waals surface area contributed by atoms with Crippen molar-refractivity contribution in [2.45, 2.75) is 6.10 Å². The normalized spacial score (nSPS) is 12.2. The molecule has 0 bridgehead atoms. The van der Waals surface area contributed by atoms with Crippen LogP contribution in [-0.4, -0.2) is 17.6 Å². The van der Waals surface area contributed by atoms with Crippen LogP contribution in [0.15, 0.2) is 45.7 Å². The van der Waals surface area contributed by atoms with Gasteiger partial charge in [-0.05, 0) is 28.1 Å². The Labute approximate surface area is 123 Å². The summed E-state index contributed by atoms with van der Waals surface area (Å²) in [5, 5.41) is 13.1. The van der Waals surface area contributed by atoms with Crippen LogP contribution in [0, 0.1) is 0 Å². The van der Waals surface area contributed by atoms with Crippen LogP contribution in [0.25, 0.3) is 0 Å². The molecule has 1 unspecified atom stereocenters. The van der Waals surface area contributed by atoms with Gasteiger partial charge in [-0.1, -0.05) is 29.8 Å². The summed E-state index contributed by atoms with van der Waals surface area (Å²) in [7, 11) is 0. The lowest BCUT2D eigenvalue weighted by molar-refractivity contribution is 0.0914. The number of aliphatic hydroxyl groups excluding tert-OH is 1. The van der Waals surface area contributed by atoms with E-state index in [0.29, 0.717) is 20.8 Å². The molecule has 0 aliphatic rings. The van der Waals surface area contributed by atoms with Crippen molar-refractivity contribution in [3.05, 3.63) is 57.4 Å². The molecule has 0 saturated carbocycles. The summed E-state index contributed by atoms with van der Waals surface area (Å²) in [4.78, 5) is 11.8. The van der Waals surface area contributed by atoms with Crippen LogP contribution in [-0.2, 0) is 0 Å². The van der Waals surface area contributed by atoms with E-state index in [9.17, 15) is 9.90 Å². The number of amides is 1. The Balaban J connectivity index is 1.98. The Morgan fingerprint density at radius 3 is 2.79 bits per heavy atom. The molecule has 1 amide bonds. The van der Waals surface area contributed by atoms with Gasteiger partial charge in [-0.15, -0.1) is 0 Å². The zero-order valence-corrected chi connectivity index (χ0v) is 12.1. The molecule has 100 valence electrons. The highest BCUT2D eigenvalue weighted by molar-refractivity contribution is 9.10. The second kappa shape index (κ2) is 6.23. The fourth-order valence-electron chi connectivity index (χ4n) is 1.60. The summed E-state index contributed by atoms with van der Waals surface area (Å²) >= 11 is 9.08. The minimum Gasteiger partial charge on any atom is -0.457 e. The van der Waals surface area contributed by atoms with Gasteiger partial charge >= 0.3 is 0 Å². The van der Waals surface area contributed by atoms with Crippen LogP contribution >= 0.6 is 27.5 Å². The van der Waals surface area contributed by atoms with Crippen LogP contribution in [0.2, 0.25) is 5.02 Å². The molecule has 2 N–H and O–H groups in total. The van der Waals surface area contributed by atoms with E-state index in [2.05, 4.69) is 21.2 Å². The molecule has 0 aliphatic heterocycles. The number of hydrogen-bond donors (Lipinski definition) is 2. The summed E-state index contributed by atoms with van der Waals surface area (Å²) in [6.07, 6.45) is 0.548. The Morgan fingerprint density at radius 1 is 1.42 bits per heavy atom. The minimum absolute atomic E-state index is 0.0696. The number of benzene rings is 1. The van der Waals surface area contributed by atoms with Gasteiger partial charge in [0.15, 0.2) is 4.67 Å². The number of hydrogen-bond acceptors (Lipinski definition) is 3. The first-order valence-corrected chi connectivity index (χ1v) is 6.70. The number of carbonyl (C=O) groups is 1. The molecule has 1 atom stereocenters. The first kappa shape index (κ1) is 14.1. The molecule has 1 aromatic heterocycles. The van der Waals surface area contributed by atoms with E-state index in [1.54, 1.807) is 30.3 Å². The lowest BCUT2D eigenvalue weighted by Crippen LogP contribution is -2.28. The highest BCUT2D eigenvalue weighted by Gasteiger charge is 2.16. The van der Waals surface area contributed by atoms with E-state index in [4.69, 9.17) is 16.0 Å². The Kier molecular flexibility index (Phi) is 4.63. The largest absolute Gasteiger partial charge is 0.457 e. The predicted molar refractivity (Wildman–Crippen MR) is 75.2 cm³/mol. The number of aliphatic hydroxyl groups is 1. The fraction of sp³-hybridized carbons (Fsp3) is 0.154. The SMILES string of the molecule is O=C(NCC(O)c1ccccc1Cl)c1ccoc1Br. The molecule has 1 aromatic carbocycles. The first-order valence-electron chi connectivity index (χ1n) is 5.53. The van der Waals surface area contributed by atoms with Gasteiger partial charge in [0.05, 0.1) is 17.9 Å². The van der Waals surface area contributed by atoms with Crippen molar-refractivity contribution in [2.24, 2.45) is 0 Å². The van der Waals surface area contributed by atoms with Crippen LogP contribution in [0.3, 0.4) is 0 Å². The number of rotatable bonds is 4. The Hall–Kier alpha value is -1.30. The summed E-state index contributed by atoms with van der Waals surface area (Å²) in [6.45, 7) is 0.0696. The smallest absolute Gasteiger partial charge is 0.255 e. The third-order valence-corrected chi connectivity index (χ3v) is 3.54. The number of furan rings is 1. The van der Waals surface area contributed by atoms with Gasteiger partial charge in [0.2, 0.25) is 0 Å². The third kappa shape index (κ3) is 3.37. The van der Waals surface area contributed by atoms with Crippen molar-refractivity contribution in [1.82, 2.24) is 5.32 Å². The van der Waals surface area contributed by atoms with Crippen molar-refractivity contribution >= 4 is 33.4 Å². The maximum Gasteiger partial charge on any atom is 0.255 e. The van der Waals surface area contributed by atoms with E-state index >= 15 is 0 Å². The molecule has 0 saturated heterocycles. The third-order valence-electron chi connectivity index (χ3n) is 2.58. The van der Waals surface area contributed by atoms with Crippen molar-refractivity contribution in [3.63, 3.8) is 0 Å². The summed E-state index contributed by atoms with van der Waals surface area (Å²) < 4.78 is 5.33. The van der Waals surface area contributed by atoms with Crippen molar-refractivity contribution in [2.75, 3.05) is 6.54 Å². The van der Waals surface area contributed by atoms with Crippen LogP contribution in [0.5, 0.6) is 0 Å². The molecule has 2 rings (SSSR count). The van der Waals surface area contributed by atoms with Gasteiger partial charge in [0.25, 0.3) is 5.91 Å². The highest BCUT2D eigenvalue weighted by atomic mass is 79.9. The molecular formula is C13H11BrClNO3. The summed E-state index contributed by atoms with van der Waals surface area (Å²) in [6, 6.07) is 8.50. The molecule has 6 heteroatoms. The molecule has 1 heterocycles. The quantitative estimate of drug-likeness (QED) is 0.895. The van der Waals surface area contributed by atoms with Crippen molar-refractivity contribution < 1.29 is 14.3 Å². The van der Waals surface area contributed by atoms with Crippen LogP contribution in [0.1, 0.15) is 22.0 Å². The number of carbonyl (C=O) groups excluding carboxylic acids is 1. The van der Waals surface area contributed by atoms with Gasteiger partial charge in [0.1, 0.15) is 0 Å². The molecule has 2 aromatic rings. The molecule has 0 spiro atoms. The lowest BCUT2D eigenvalue weighted by atomic mass is 10.1. The Morgan fingerprint density at radius 2 is 2.16 bits per heavy atom. The topological polar surface area (TPSA) is 62.5 Å². The number of halogens is 2. The first-order chi connectivity index (χ1) is 9.09. The molecule has 0 aliphatic carbocycles. The molecule has 19 heavy (non-hydrogen) atoms. The average molecular weight is 345 g/mol. The van der Waals surface area contributed by atoms with E-state index in [1.165, 1.54) is 6.26 Å². The second-order valence-corrected chi connectivity index (χ2v) is 4.98. The minimum atomic E-state index is -0.858. The van der Waals surface area contributed by atoms with Gasteiger partial charge in [-0.2, -0.15) is 0 Å². The van der Waals surface area contributed by atoms with Crippen LogP contribution < -0.4 is 5.32 Å². The summed E-state index contributed by atoms with van der Waals surface area (Å²) in [5.41, 5.74) is 0.960. The van der Waals surface area contributed by atoms with E-state index in [1.807, 2.05) is 0 Å². The second-order valence-electron chi connectivity index (χ2n) is 3.86. The van der Waals surface area contributed by atoms with Gasteiger partial charge in [-0.3, -0.25) is 4.79 Å². The predicted octanol–water partition coefficient (Wildman–Crippen LogP) is 3.16. The maximum absolute atomic E-state index is 11.8. The van der Waals surface area contributed by atoms with E-state index in [0.717, 1.165) is 0 Å². The van der Waals surface area contributed by atoms with Crippen molar-refractivity contribution in [3.8, 4) is 0 Å². The standard InChI is InChI=1S/C13H11BrClNO3/c14-12-9(5-6-19-12)13(18)16-7-11(17)8-3-1-2-4-10(8)15/h1-6,11,17H,7H2,(H,16,18). The zero-order chi connectivity index (χ0) is 13.8. The number of nitrogens with one attached hydrogen (secondary N) is 1. The lowest BCUT2D eigenvalue weighted by Gasteiger charge is -2.13. The van der Waals surface area contributed by atoms with Gasteiger partial charge in [0, 0.05) is 17.1 Å².